The van der Waals surface area contributed by atoms with Gasteiger partial charge in [-0.15, -0.1) is 6.58 Å². The van der Waals surface area contributed by atoms with Gasteiger partial charge in [-0.1, -0.05) is 17.7 Å². The Morgan fingerprint density at radius 2 is 2.30 bits per heavy atom. The molecule has 1 aromatic rings. The van der Waals surface area contributed by atoms with Crippen molar-refractivity contribution < 1.29 is 8.42 Å². The summed E-state index contributed by atoms with van der Waals surface area (Å²) in [5.74, 6) is 1.38. The number of halogens is 1. The summed E-state index contributed by atoms with van der Waals surface area (Å²) < 4.78 is 26.3. The Balaban J connectivity index is 2.38. The largest absolute Gasteiger partial charge is 0.397 e. The van der Waals surface area contributed by atoms with Crippen LogP contribution in [-0.2, 0) is 10.0 Å². The summed E-state index contributed by atoms with van der Waals surface area (Å²) in [6, 6.07) is 2.95. The quantitative estimate of drug-likeness (QED) is 0.502. The summed E-state index contributed by atoms with van der Waals surface area (Å²) in [7, 11) is -2.00. The van der Waals surface area contributed by atoms with Crippen LogP contribution in [0.4, 0.5) is 11.4 Å². The van der Waals surface area contributed by atoms with E-state index in [1.165, 1.54) is 10.4 Å². The fraction of sp³-hybridized carbons (Fsp3) is 0.333. The minimum absolute atomic E-state index is 0.159. The molecule has 1 heterocycles. The van der Waals surface area contributed by atoms with Gasteiger partial charge in [-0.25, -0.2) is 8.42 Å². The Bertz CT molecular complexity index is 634. The maximum absolute atomic E-state index is 12.5. The van der Waals surface area contributed by atoms with Crippen LogP contribution in [0.2, 0.25) is 5.02 Å². The molecule has 8 heteroatoms. The Morgan fingerprint density at radius 1 is 1.60 bits per heavy atom. The van der Waals surface area contributed by atoms with Crippen LogP contribution in [0.5, 0.6) is 0 Å². The summed E-state index contributed by atoms with van der Waals surface area (Å²) in [6.07, 6.45) is 1.46. The first-order valence-electron chi connectivity index (χ1n) is 5.90. The first-order valence-corrected chi connectivity index (χ1v) is 8.87. The van der Waals surface area contributed by atoms with E-state index in [-0.39, 0.29) is 16.7 Å². The molecule has 1 atom stereocenters. The number of thioether (sulfide) groups is 1. The second kappa shape index (κ2) is 5.85. The average molecular weight is 334 g/mol. The maximum Gasteiger partial charge on any atom is 0.246 e. The lowest BCUT2D eigenvalue weighted by Crippen LogP contribution is -2.47. The van der Waals surface area contributed by atoms with Crippen molar-refractivity contribution >= 4 is 44.8 Å². The molecule has 3 N–H and O–H groups in total. The summed E-state index contributed by atoms with van der Waals surface area (Å²) >= 11 is 7.56. The molecule has 1 aliphatic heterocycles. The normalized spacial score (nSPS) is 21.0. The molecule has 0 aromatic heterocycles. The first kappa shape index (κ1) is 15.5. The van der Waals surface area contributed by atoms with Gasteiger partial charge in [-0.3, -0.25) is 0 Å². The van der Waals surface area contributed by atoms with Gasteiger partial charge in [0.15, 0.2) is 0 Å². The minimum Gasteiger partial charge on any atom is -0.397 e. The third kappa shape index (κ3) is 2.76. The summed E-state index contributed by atoms with van der Waals surface area (Å²) in [5.41, 5.74) is 6.43. The van der Waals surface area contributed by atoms with Crippen molar-refractivity contribution in [2.75, 3.05) is 29.6 Å². The number of nitrogens with one attached hydrogen (secondary N) is 1. The molecule has 1 aromatic carbocycles. The third-order valence-corrected chi connectivity index (χ3v) is 6.28. The van der Waals surface area contributed by atoms with E-state index in [9.17, 15) is 8.42 Å². The molecule has 5 nitrogen and oxygen atoms in total. The molecule has 0 saturated carbocycles. The Hall–Kier alpha value is -0.890. The molecule has 0 saturated heterocycles. The topological polar surface area (TPSA) is 75.4 Å². The minimum atomic E-state index is -3.55. The van der Waals surface area contributed by atoms with E-state index in [0.717, 1.165) is 5.75 Å². The molecule has 2 rings (SSSR count). The van der Waals surface area contributed by atoms with Gasteiger partial charge in [-0.05, 0) is 12.1 Å². The smallest absolute Gasteiger partial charge is 0.246 e. The number of anilines is 2. The van der Waals surface area contributed by atoms with Crippen LogP contribution in [0.25, 0.3) is 0 Å². The van der Waals surface area contributed by atoms with Crippen molar-refractivity contribution in [3.8, 4) is 0 Å². The lowest BCUT2D eigenvalue weighted by atomic mass is 10.2. The Morgan fingerprint density at radius 3 is 2.95 bits per heavy atom. The van der Waals surface area contributed by atoms with Gasteiger partial charge in [0.05, 0.1) is 16.4 Å². The van der Waals surface area contributed by atoms with Crippen LogP contribution < -0.4 is 11.1 Å². The third-order valence-electron chi connectivity index (χ3n) is 3.03. The molecule has 20 heavy (non-hydrogen) atoms. The number of rotatable bonds is 4. The number of benzene rings is 1. The fourth-order valence-corrected chi connectivity index (χ4v) is 4.43. The van der Waals surface area contributed by atoms with Crippen LogP contribution in [0.1, 0.15) is 0 Å². The predicted molar refractivity (Wildman–Crippen MR) is 85.7 cm³/mol. The standard InChI is InChI=1S/C12H16ClN3O2S2/c1-3-4-19-7-12-15-10-5-8(13)9(14)6-11(10)20(17,18)16(12)2/h3,5-6,12,15H,1,4,7,14H2,2H3. The fourth-order valence-electron chi connectivity index (χ4n) is 1.90. The molecule has 0 radical (unpaired) electrons. The maximum atomic E-state index is 12.5. The molecule has 0 fully saturated rings. The molecule has 0 spiro atoms. The van der Waals surface area contributed by atoms with Crippen molar-refractivity contribution in [1.29, 1.82) is 0 Å². The van der Waals surface area contributed by atoms with Crippen molar-refractivity contribution in [2.45, 2.75) is 11.1 Å². The predicted octanol–water partition coefficient (Wildman–Crippen LogP) is 2.21. The number of fused-ring (bicyclic) bond motifs is 1. The molecule has 0 amide bonds. The number of nitrogens with two attached hydrogens (primary N) is 1. The van der Waals surface area contributed by atoms with Gasteiger partial charge in [0.25, 0.3) is 0 Å². The highest BCUT2D eigenvalue weighted by Crippen LogP contribution is 2.36. The molecular weight excluding hydrogens is 318 g/mol. The second-order valence-electron chi connectivity index (χ2n) is 4.38. The number of nitrogens with zero attached hydrogens (tertiary/aromatic N) is 1. The highest BCUT2D eigenvalue weighted by atomic mass is 35.5. The SMILES string of the molecule is C=CCSCC1Nc2cc(Cl)c(N)cc2S(=O)(=O)N1C. The van der Waals surface area contributed by atoms with Gasteiger partial charge in [0.1, 0.15) is 11.1 Å². The van der Waals surface area contributed by atoms with Crippen molar-refractivity contribution in [1.82, 2.24) is 4.31 Å². The number of hydrogen-bond donors (Lipinski definition) is 2. The van der Waals surface area contributed by atoms with Crippen molar-refractivity contribution in [2.24, 2.45) is 0 Å². The van der Waals surface area contributed by atoms with Crippen molar-refractivity contribution in [3.05, 3.63) is 29.8 Å². The monoisotopic (exact) mass is 333 g/mol. The van der Waals surface area contributed by atoms with E-state index in [0.29, 0.717) is 16.5 Å². The van der Waals surface area contributed by atoms with E-state index < -0.39 is 10.0 Å². The second-order valence-corrected chi connectivity index (χ2v) is 7.83. The van der Waals surface area contributed by atoms with Gasteiger partial charge in [-0.2, -0.15) is 16.1 Å². The van der Waals surface area contributed by atoms with Crippen LogP contribution in [0.15, 0.2) is 29.7 Å². The number of hydrogen-bond acceptors (Lipinski definition) is 5. The lowest BCUT2D eigenvalue weighted by molar-refractivity contribution is 0.413. The van der Waals surface area contributed by atoms with Crippen LogP contribution in [-0.4, -0.2) is 37.4 Å². The zero-order chi connectivity index (χ0) is 14.9. The van der Waals surface area contributed by atoms with Gasteiger partial charge >= 0.3 is 0 Å². The summed E-state index contributed by atoms with van der Waals surface area (Å²) in [4.78, 5) is 0.159. The Kier molecular flexibility index (Phi) is 4.53. The Labute approximate surface area is 128 Å². The summed E-state index contributed by atoms with van der Waals surface area (Å²) in [5, 5.41) is 3.52. The van der Waals surface area contributed by atoms with E-state index >= 15 is 0 Å². The molecule has 110 valence electrons. The van der Waals surface area contributed by atoms with E-state index in [4.69, 9.17) is 17.3 Å². The van der Waals surface area contributed by atoms with Crippen LogP contribution in [0.3, 0.4) is 0 Å². The van der Waals surface area contributed by atoms with Crippen LogP contribution in [0, 0.1) is 0 Å². The van der Waals surface area contributed by atoms with Gasteiger partial charge in [0.2, 0.25) is 10.0 Å². The molecule has 0 aliphatic carbocycles. The van der Waals surface area contributed by atoms with E-state index in [1.807, 2.05) is 0 Å². The lowest BCUT2D eigenvalue weighted by Gasteiger charge is -2.34. The molecular formula is C12H16ClN3O2S2. The zero-order valence-corrected chi connectivity index (χ0v) is 13.4. The van der Waals surface area contributed by atoms with E-state index in [2.05, 4.69) is 11.9 Å². The molecule has 0 bridgehead atoms. The van der Waals surface area contributed by atoms with E-state index in [1.54, 1.807) is 31.0 Å². The molecule has 1 unspecified atom stereocenters. The van der Waals surface area contributed by atoms with Crippen LogP contribution >= 0.6 is 23.4 Å². The first-order chi connectivity index (χ1) is 9.37. The molecule has 1 aliphatic rings. The summed E-state index contributed by atoms with van der Waals surface area (Å²) in [6.45, 7) is 3.64. The van der Waals surface area contributed by atoms with Gasteiger partial charge in [0, 0.05) is 18.6 Å². The highest BCUT2D eigenvalue weighted by molar-refractivity contribution is 7.99. The van der Waals surface area contributed by atoms with Crippen molar-refractivity contribution in [3.63, 3.8) is 0 Å². The van der Waals surface area contributed by atoms with Gasteiger partial charge < -0.3 is 11.1 Å². The average Bonchev–Trinajstić information content (AvgIpc) is 2.39. The zero-order valence-electron chi connectivity index (χ0n) is 11.0. The number of nitrogen functional groups attached to an aromatic ring is 1. The number of sulfonamides is 1. The highest BCUT2D eigenvalue weighted by Gasteiger charge is 2.35.